The molecule has 0 spiro atoms. The lowest BCUT2D eigenvalue weighted by Crippen LogP contribution is -2.45. The Morgan fingerprint density at radius 3 is 0.839 bits per heavy atom. The fourth-order valence-corrected chi connectivity index (χ4v) is 13.4. The first-order chi connectivity index (χ1) is 46.0. The predicted molar refractivity (Wildman–Crippen MR) is 412 cm³/mol. The molecule has 0 radical (unpaired) electrons. The topological polar surface area (TPSA) is 95.9 Å². The summed E-state index contributed by atoms with van der Waals surface area (Å²) in [5, 5.41) is 23.3. The van der Waals surface area contributed by atoms with Crippen molar-refractivity contribution in [2.24, 2.45) is 0 Å². The normalized spacial score (nSPS) is 12.7. The first kappa shape index (κ1) is 90.8. The minimum absolute atomic E-state index is 0.0155. The molecule has 0 rings (SSSR count). The molecule has 0 aliphatic heterocycles. The Balaban J connectivity index is 3.34. The highest BCUT2D eigenvalue weighted by atomic mass is 16.5. The lowest BCUT2D eigenvalue weighted by molar-refractivity contribution is -0.143. The Morgan fingerprint density at radius 1 is 0.301 bits per heavy atom. The number of ether oxygens (including phenoxy) is 1. The molecule has 0 bridgehead atoms. The molecule has 0 aliphatic carbocycles. The lowest BCUT2D eigenvalue weighted by atomic mass is 10.0. The summed E-state index contributed by atoms with van der Waals surface area (Å²) < 4.78 is 5.51. The van der Waals surface area contributed by atoms with Gasteiger partial charge >= 0.3 is 5.97 Å². The zero-order valence-electron chi connectivity index (χ0n) is 63.0. The fraction of sp³-hybridized carbons (Fsp3) is 0.885. The number of amides is 1. The second kappa shape index (κ2) is 82.2. The molecule has 0 saturated heterocycles. The van der Waals surface area contributed by atoms with Crippen molar-refractivity contribution in [3.05, 3.63) is 48.6 Å². The van der Waals surface area contributed by atoms with Gasteiger partial charge in [-0.2, -0.15) is 0 Å². The van der Waals surface area contributed by atoms with Gasteiger partial charge in [0.2, 0.25) is 5.91 Å². The molecule has 1 amide bonds. The van der Waals surface area contributed by atoms with Crippen LogP contribution in [-0.4, -0.2) is 47.4 Å². The van der Waals surface area contributed by atoms with Gasteiger partial charge in [0.05, 0.1) is 25.4 Å². The highest BCUT2D eigenvalue weighted by Gasteiger charge is 2.18. The SMILES string of the molecule is CCCCCC/C=C\C/C=C\CCCCCCCCCC(=O)OCCCCCCCCCCCCCCCCCCCC/C=C\CCCCCCCCCCCCCCCCCCCC(=O)NC(CO)C(O)/C=C/CCCCCCCCCCCCCCCCCCC. The van der Waals surface area contributed by atoms with Gasteiger partial charge in [-0.25, -0.2) is 0 Å². The van der Waals surface area contributed by atoms with E-state index < -0.39 is 12.1 Å². The molecule has 3 N–H and O–H groups in total. The van der Waals surface area contributed by atoms with Gasteiger partial charge in [-0.15, -0.1) is 0 Å². The Morgan fingerprint density at radius 2 is 0.538 bits per heavy atom. The van der Waals surface area contributed by atoms with Crippen molar-refractivity contribution in [2.45, 2.75) is 482 Å². The van der Waals surface area contributed by atoms with Crippen LogP contribution in [0.4, 0.5) is 0 Å². The van der Waals surface area contributed by atoms with Crippen molar-refractivity contribution in [3.63, 3.8) is 0 Å². The molecule has 2 atom stereocenters. The van der Waals surface area contributed by atoms with Gasteiger partial charge in [0.25, 0.3) is 0 Å². The number of aliphatic hydroxyl groups is 2. The molecule has 6 heteroatoms. The largest absolute Gasteiger partial charge is 0.466 e. The smallest absolute Gasteiger partial charge is 0.305 e. The molecule has 0 heterocycles. The minimum Gasteiger partial charge on any atom is -0.466 e. The number of unbranched alkanes of at least 4 members (excludes halogenated alkanes) is 63. The van der Waals surface area contributed by atoms with Crippen LogP contribution in [-0.2, 0) is 14.3 Å². The molecule has 0 saturated carbocycles. The third-order valence-electron chi connectivity index (χ3n) is 19.8. The molecule has 548 valence electrons. The zero-order valence-corrected chi connectivity index (χ0v) is 63.0. The van der Waals surface area contributed by atoms with Gasteiger partial charge in [0.1, 0.15) is 0 Å². The van der Waals surface area contributed by atoms with Crippen molar-refractivity contribution in [3.8, 4) is 0 Å². The molecule has 0 aromatic heterocycles. The number of aliphatic hydroxyl groups excluding tert-OH is 2. The van der Waals surface area contributed by atoms with E-state index in [0.717, 1.165) is 51.4 Å². The number of carbonyl (C=O) groups is 2. The van der Waals surface area contributed by atoms with Crippen LogP contribution >= 0.6 is 0 Å². The van der Waals surface area contributed by atoms with E-state index in [4.69, 9.17) is 4.74 Å². The van der Waals surface area contributed by atoms with Crippen LogP contribution in [0.15, 0.2) is 48.6 Å². The summed E-state index contributed by atoms with van der Waals surface area (Å²) in [6.45, 7) is 4.93. The van der Waals surface area contributed by atoms with Crippen LogP contribution in [0.2, 0.25) is 0 Å². The monoisotopic (exact) mass is 1300 g/mol. The number of hydrogen-bond acceptors (Lipinski definition) is 5. The molecule has 2 unspecified atom stereocenters. The number of esters is 1. The molecule has 0 aliphatic rings. The first-order valence-electron chi connectivity index (χ1n) is 42.4. The van der Waals surface area contributed by atoms with E-state index in [-0.39, 0.29) is 18.5 Å². The Hall–Kier alpha value is -2.18. The summed E-state index contributed by atoms with van der Waals surface area (Å²) in [5.41, 5.74) is 0. The average Bonchev–Trinajstić information content (AvgIpc) is 3.74. The Labute approximate surface area is 582 Å². The van der Waals surface area contributed by atoms with Crippen LogP contribution in [0, 0.1) is 0 Å². The quantitative estimate of drug-likeness (QED) is 0.0320. The predicted octanol–water partition coefficient (Wildman–Crippen LogP) is 28.3. The molecule has 0 aromatic rings. The number of rotatable bonds is 80. The summed E-state index contributed by atoms with van der Waals surface area (Å²) in [6.07, 6.45) is 110. The fourth-order valence-electron chi connectivity index (χ4n) is 13.4. The molecule has 6 nitrogen and oxygen atoms in total. The van der Waals surface area contributed by atoms with Gasteiger partial charge in [-0.3, -0.25) is 9.59 Å². The van der Waals surface area contributed by atoms with E-state index in [2.05, 4.69) is 55.6 Å². The second-order valence-corrected chi connectivity index (χ2v) is 29.2. The highest BCUT2D eigenvalue weighted by Crippen LogP contribution is 2.20. The number of allylic oxidation sites excluding steroid dienone is 7. The molecular formula is C87H165NO5. The number of carbonyl (C=O) groups excluding carboxylic acids is 2. The third kappa shape index (κ3) is 78.7. The summed E-state index contributed by atoms with van der Waals surface area (Å²) in [4.78, 5) is 24.7. The van der Waals surface area contributed by atoms with E-state index in [1.54, 1.807) is 6.08 Å². The lowest BCUT2D eigenvalue weighted by Gasteiger charge is -2.20. The standard InChI is InChI=1S/C87H165NO5/c1-3-5-7-9-11-13-15-17-19-21-44-47-51-55-59-63-67-71-75-79-85(90)84(83-89)88-86(91)80-76-72-68-64-60-56-52-48-45-42-40-38-36-34-32-30-28-26-24-23-25-27-29-31-33-35-37-39-41-43-46-50-54-58-62-66-70-74-78-82-93-87(92)81-77-73-69-65-61-57-53-49-22-20-18-16-14-12-10-8-6-4-2/h14,16,20,22-24,75,79,84-85,89-90H,3-13,15,17-19,21,25-74,76-78,80-83H2,1-2H3,(H,88,91)/b16-14-,22-20-,24-23-,79-75+. The van der Waals surface area contributed by atoms with Crippen molar-refractivity contribution in [2.75, 3.05) is 13.2 Å². The van der Waals surface area contributed by atoms with Gasteiger partial charge in [0.15, 0.2) is 0 Å². The Bertz CT molecular complexity index is 1550. The summed E-state index contributed by atoms with van der Waals surface area (Å²) in [5.74, 6) is -0.0440. The molecule has 0 fully saturated rings. The van der Waals surface area contributed by atoms with Gasteiger partial charge < -0.3 is 20.3 Å². The summed E-state index contributed by atoms with van der Waals surface area (Å²) in [6, 6.07) is -0.626. The first-order valence-corrected chi connectivity index (χ1v) is 42.4. The van der Waals surface area contributed by atoms with E-state index in [9.17, 15) is 19.8 Å². The van der Waals surface area contributed by atoms with Crippen LogP contribution in [0.3, 0.4) is 0 Å². The van der Waals surface area contributed by atoms with Crippen LogP contribution < -0.4 is 5.32 Å². The second-order valence-electron chi connectivity index (χ2n) is 29.2. The molecular weight excluding hydrogens is 1140 g/mol. The van der Waals surface area contributed by atoms with Gasteiger partial charge in [-0.05, 0) is 89.9 Å². The minimum atomic E-state index is -0.843. The maximum absolute atomic E-state index is 12.5. The van der Waals surface area contributed by atoms with E-state index in [1.165, 1.54) is 392 Å². The third-order valence-corrected chi connectivity index (χ3v) is 19.8. The maximum atomic E-state index is 12.5. The molecule has 0 aromatic carbocycles. The number of hydrogen-bond donors (Lipinski definition) is 3. The average molecular weight is 1310 g/mol. The van der Waals surface area contributed by atoms with Crippen LogP contribution in [0.1, 0.15) is 470 Å². The molecule has 93 heavy (non-hydrogen) atoms. The van der Waals surface area contributed by atoms with Crippen molar-refractivity contribution in [1.82, 2.24) is 5.32 Å². The van der Waals surface area contributed by atoms with E-state index in [0.29, 0.717) is 19.4 Å². The van der Waals surface area contributed by atoms with E-state index >= 15 is 0 Å². The number of nitrogens with one attached hydrogen (secondary N) is 1. The van der Waals surface area contributed by atoms with Gasteiger partial charge in [0, 0.05) is 12.8 Å². The van der Waals surface area contributed by atoms with Crippen LogP contribution in [0.25, 0.3) is 0 Å². The van der Waals surface area contributed by atoms with Crippen molar-refractivity contribution in [1.29, 1.82) is 0 Å². The van der Waals surface area contributed by atoms with Crippen molar-refractivity contribution < 1.29 is 24.5 Å². The van der Waals surface area contributed by atoms with Gasteiger partial charge in [-0.1, -0.05) is 416 Å². The van der Waals surface area contributed by atoms with Crippen molar-refractivity contribution >= 4 is 11.9 Å². The Kier molecular flexibility index (Phi) is 80.3. The van der Waals surface area contributed by atoms with E-state index in [1.807, 2.05) is 6.08 Å². The van der Waals surface area contributed by atoms with Crippen LogP contribution in [0.5, 0.6) is 0 Å². The highest BCUT2D eigenvalue weighted by molar-refractivity contribution is 5.76. The summed E-state index contributed by atoms with van der Waals surface area (Å²) >= 11 is 0. The summed E-state index contributed by atoms with van der Waals surface area (Å²) in [7, 11) is 0. The zero-order chi connectivity index (χ0) is 67.0. The maximum Gasteiger partial charge on any atom is 0.305 e.